The predicted molar refractivity (Wildman–Crippen MR) is 241 cm³/mol. The summed E-state index contributed by atoms with van der Waals surface area (Å²) in [7, 11) is 0. The molecule has 0 aliphatic heterocycles. The van der Waals surface area contributed by atoms with Crippen molar-refractivity contribution in [2.75, 3.05) is 4.90 Å². The molecule has 0 N–H and O–H groups in total. The quantitative estimate of drug-likeness (QED) is 0.157. The molecule has 7 aromatic rings. The Bertz CT molecular complexity index is 2600. The molecule has 0 amide bonds. The molecule has 11 rings (SSSR count). The van der Waals surface area contributed by atoms with Crippen molar-refractivity contribution < 1.29 is 0 Å². The van der Waals surface area contributed by atoms with Crippen LogP contribution in [-0.2, 0) is 5.41 Å². The van der Waals surface area contributed by atoms with Crippen LogP contribution in [0.4, 0.5) is 17.1 Å². The molecule has 0 spiro atoms. The predicted octanol–water partition coefficient (Wildman–Crippen LogP) is 15.9. The number of fused-ring (bicyclic) bond motifs is 6. The molecule has 0 radical (unpaired) electrons. The van der Waals surface area contributed by atoms with Crippen molar-refractivity contribution >= 4 is 27.8 Å². The van der Waals surface area contributed by atoms with Gasteiger partial charge in [0.2, 0.25) is 0 Å². The van der Waals surface area contributed by atoms with E-state index in [4.69, 9.17) is 0 Å². The molecule has 1 heteroatoms. The summed E-state index contributed by atoms with van der Waals surface area (Å²) in [4.78, 5) is 2.56. The maximum Gasteiger partial charge on any atom is 0.0543 e. The summed E-state index contributed by atoms with van der Waals surface area (Å²) in [6.45, 7) is 4.81. The molecule has 3 saturated carbocycles. The summed E-state index contributed by atoms with van der Waals surface area (Å²) < 4.78 is 0. The van der Waals surface area contributed by atoms with Gasteiger partial charge in [0, 0.05) is 22.4 Å². The molecular formula is C56H53N. The lowest BCUT2D eigenvalue weighted by molar-refractivity contribution is 0.420. The maximum atomic E-state index is 2.56. The first kappa shape index (κ1) is 34.8. The molecule has 7 aromatic carbocycles. The van der Waals surface area contributed by atoms with Crippen LogP contribution in [0.3, 0.4) is 0 Å². The lowest BCUT2D eigenvalue weighted by Crippen LogP contribution is -2.17. The van der Waals surface area contributed by atoms with E-state index >= 15 is 0 Å². The maximum absolute atomic E-state index is 2.56. The Kier molecular flexibility index (Phi) is 8.50. The highest BCUT2D eigenvalue weighted by Crippen LogP contribution is 2.55. The number of anilines is 3. The van der Waals surface area contributed by atoms with Gasteiger partial charge in [0.1, 0.15) is 0 Å². The van der Waals surface area contributed by atoms with Crippen LogP contribution >= 0.6 is 0 Å². The second kappa shape index (κ2) is 13.9. The van der Waals surface area contributed by atoms with Crippen molar-refractivity contribution in [2.24, 2.45) is 11.8 Å². The van der Waals surface area contributed by atoms with Gasteiger partial charge in [-0.3, -0.25) is 0 Å². The van der Waals surface area contributed by atoms with Gasteiger partial charge in [-0.2, -0.15) is 0 Å². The Balaban J connectivity index is 1.09. The summed E-state index contributed by atoms with van der Waals surface area (Å²) in [5.41, 5.74) is 17.3. The highest BCUT2D eigenvalue weighted by atomic mass is 15.1. The third kappa shape index (κ3) is 5.96. The van der Waals surface area contributed by atoms with E-state index in [0.29, 0.717) is 11.8 Å². The first-order valence-corrected chi connectivity index (χ1v) is 21.9. The van der Waals surface area contributed by atoms with Crippen LogP contribution < -0.4 is 4.90 Å². The molecule has 2 bridgehead atoms. The lowest BCUT2D eigenvalue weighted by Gasteiger charge is -2.31. The largest absolute Gasteiger partial charge is 0.310 e. The molecule has 4 aliphatic rings. The smallest absolute Gasteiger partial charge is 0.0543 e. The van der Waals surface area contributed by atoms with Crippen molar-refractivity contribution in [3.05, 3.63) is 174 Å². The van der Waals surface area contributed by atoms with Crippen molar-refractivity contribution in [1.82, 2.24) is 0 Å². The van der Waals surface area contributed by atoms with Crippen molar-refractivity contribution in [3.63, 3.8) is 0 Å². The molecule has 3 fully saturated rings. The minimum atomic E-state index is -0.118. The lowest BCUT2D eigenvalue weighted by atomic mass is 9.81. The Labute approximate surface area is 339 Å². The fourth-order valence-corrected chi connectivity index (χ4v) is 11.8. The van der Waals surface area contributed by atoms with Crippen LogP contribution in [0.15, 0.2) is 152 Å². The molecule has 0 heterocycles. The highest BCUT2D eigenvalue weighted by Gasteiger charge is 2.40. The highest BCUT2D eigenvalue weighted by molar-refractivity contribution is 5.97. The molecular weight excluding hydrogens is 687 g/mol. The van der Waals surface area contributed by atoms with Gasteiger partial charge in [-0.1, -0.05) is 149 Å². The number of benzene rings is 7. The molecule has 57 heavy (non-hydrogen) atoms. The minimum Gasteiger partial charge on any atom is -0.310 e. The first-order chi connectivity index (χ1) is 28.0. The SMILES string of the molecule is CC1(C)c2ccccc2-c2cc(-c3ccc4ccccc4c3)c(N(c3ccc(-c4ccccc4C4CCCCC4)cc3)c3ccc(C4CC5CCC4C5)cc3)cc21. The second-order valence-corrected chi connectivity index (χ2v) is 18.3. The number of rotatable bonds is 7. The standard InChI is InChI=1S/C56H53N/c1-56(2)53-19-11-10-18-49(53)52-35-51(44-23-22-38-12-6-7-15-42(38)34-44)55(36-54(52)56)57(46-30-26-41(27-31-46)50-33-37-20-21-43(50)32-37)45-28-24-40(25-29-45)48-17-9-8-16-47(48)39-13-4-3-5-14-39/h6-12,15-19,22-31,34-37,39,43,50H,3-5,13-14,20-21,32-33H2,1-2H3. The zero-order chi connectivity index (χ0) is 38.1. The summed E-state index contributed by atoms with van der Waals surface area (Å²) in [6, 6.07) is 58.4. The average molecular weight is 740 g/mol. The second-order valence-electron chi connectivity index (χ2n) is 18.3. The van der Waals surface area contributed by atoms with Crippen molar-refractivity contribution in [3.8, 4) is 33.4 Å². The first-order valence-electron chi connectivity index (χ1n) is 21.9. The number of hydrogen-bond donors (Lipinski definition) is 0. The van der Waals surface area contributed by atoms with Crippen LogP contribution in [-0.4, -0.2) is 0 Å². The normalized spacial score (nSPS) is 20.8. The van der Waals surface area contributed by atoms with E-state index in [9.17, 15) is 0 Å². The molecule has 282 valence electrons. The summed E-state index contributed by atoms with van der Waals surface area (Å²) in [5.74, 6) is 3.16. The van der Waals surface area contributed by atoms with Gasteiger partial charge in [-0.25, -0.2) is 0 Å². The van der Waals surface area contributed by atoms with Crippen LogP contribution in [0, 0.1) is 11.8 Å². The monoisotopic (exact) mass is 739 g/mol. The van der Waals surface area contributed by atoms with Crippen molar-refractivity contribution in [2.45, 2.75) is 88.9 Å². The van der Waals surface area contributed by atoms with E-state index in [-0.39, 0.29) is 5.41 Å². The number of hydrogen-bond acceptors (Lipinski definition) is 1. The van der Waals surface area contributed by atoms with Crippen LogP contribution in [0.1, 0.15) is 106 Å². The van der Waals surface area contributed by atoms with E-state index in [2.05, 4.69) is 170 Å². The minimum absolute atomic E-state index is 0.118. The topological polar surface area (TPSA) is 3.24 Å². The average Bonchev–Trinajstić information content (AvgIpc) is 3.97. The Hall–Kier alpha value is -5.40. The van der Waals surface area contributed by atoms with Gasteiger partial charge in [0.25, 0.3) is 0 Å². The van der Waals surface area contributed by atoms with Gasteiger partial charge in [-0.15, -0.1) is 0 Å². The summed E-state index contributed by atoms with van der Waals surface area (Å²) in [6.07, 6.45) is 12.3. The van der Waals surface area contributed by atoms with E-state index in [0.717, 1.165) is 11.8 Å². The zero-order valence-electron chi connectivity index (χ0n) is 33.6. The molecule has 4 aliphatic carbocycles. The number of nitrogens with zero attached hydrogens (tertiary/aromatic N) is 1. The van der Waals surface area contributed by atoms with Gasteiger partial charge < -0.3 is 4.90 Å². The zero-order valence-corrected chi connectivity index (χ0v) is 33.6. The van der Waals surface area contributed by atoms with Gasteiger partial charge >= 0.3 is 0 Å². The molecule has 0 aromatic heterocycles. The van der Waals surface area contributed by atoms with E-state index < -0.39 is 0 Å². The molecule has 3 atom stereocenters. The van der Waals surface area contributed by atoms with Crippen LogP contribution in [0.25, 0.3) is 44.2 Å². The third-order valence-corrected chi connectivity index (χ3v) is 14.8. The molecule has 1 nitrogen and oxygen atoms in total. The Morgan fingerprint density at radius 3 is 1.93 bits per heavy atom. The fourth-order valence-electron chi connectivity index (χ4n) is 11.8. The van der Waals surface area contributed by atoms with E-state index in [1.165, 1.54) is 141 Å². The fraction of sp³-hybridized carbons (Fsp3) is 0.286. The Morgan fingerprint density at radius 2 is 1.18 bits per heavy atom. The summed E-state index contributed by atoms with van der Waals surface area (Å²) in [5, 5.41) is 2.54. The summed E-state index contributed by atoms with van der Waals surface area (Å²) >= 11 is 0. The molecule has 0 saturated heterocycles. The van der Waals surface area contributed by atoms with Gasteiger partial charge in [0.05, 0.1) is 5.69 Å². The third-order valence-electron chi connectivity index (χ3n) is 14.8. The van der Waals surface area contributed by atoms with Crippen LogP contribution in [0.2, 0.25) is 0 Å². The van der Waals surface area contributed by atoms with Gasteiger partial charge in [-0.05, 0) is 159 Å². The van der Waals surface area contributed by atoms with E-state index in [1.54, 1.807) is 0 Å². The molecule has 3 unspecified atom stereocenters. The van der Waals surface area contributed by atoms with E-state index in [1.807, 2.05) is 0 Å². The van der Waals surface area contributed by atoms with Crippen molar-refractivity contribution in [1.29, 1.82) is 0 Å². The van der Waals surface area contributed by atoms with Gasteiger partial charge in [0.15, 0.2) is 0 Å². The van der Waals surface area contributed by atoms with Crippen LogP contribution in [0.5, 0.6) is 0 Å². The Morgan fingerprint density at radius 1 is 0.491 bits per heavy atom.